The molecule has 6 nitrogen and oxygen atoms in total. The number of nitrogens with one attached hydrogen (secondary N) is 2. The molecular weight excluding hydrogens is 554 g/mol. The maximum atomic E-state index is 11.8. The van der Waals surface area contributed by atoms with E-state index in [1.165, 1.54) is 17.5 Å². The molecular formula is C39H67N5O. The molecule has 45 heavy (non-hydrogen) atoms. The fraction of sp³-hybridized carbons (Fsp3) is 0.538. The smallest absolute Gasteiger partial charge is 0.149 e. The van der Waals surface area contributed by atoms with Gasteiger partial charge in [-0.25, -0.2) is 0 Å². The highest BCUT2D eigenvalue weighted by atomic mass is 16.1. The van der Waals surface area contributed by atoms with Crippen LogP contribution in [0.15, 0.2) is 78.0 Å². The number of carbonyl (C=O) groups excluding carboxylic acids is 1. The highest BCUT2D eigenvalue weighted by Gasteiger charge is 2.13. The zero-order valence-corrected chi connectivity index (χ0v) is 31.0. The van der Waals surface area contributed by atoms with Crippen molar-refractivity contribution in [1.82, 2.24) is 15.5 Å². The molecule has 2 aromatic rings. The molecule has 0 saturated carbocycles. The Hall–Kier alpha value is -3.22. The van der Waals surface area contributed by atoms with E-state index in [0.717, 1.165) is 60.8 Å². The summed E-state index contributed by atoms with van der Waals surface area (Å²) in [5, 5.41) is 6.70. The van der Waals surface area contributed by atoms with Crippen molar-refractivity contribution in [2.24, 2.45) is 4.99 Å². The SMILES string of the molecule is C=C(C)CC(=NC)c1ccc(N(CC(=C)NCCNC(C)C)CC(C)=O)cc1.CC.CC.CCC.CN1Cc2ccccc2C1. The third kappa shape index (κ3) is 20.4. The Labute approximate surface area is 278 Å². The number of Topliss-reactive ketones (excluding diaryl/α,β-unsaturated/α-hetero) is 1. The lowest BCUT2D eigenvalue weighted by molar-refractivity contribution is -0.115. The van der Waals surface area contributed by atoms with Crippen LogP contribution in [-0.2, 0) is 17.9 Å². The monoisotopic (exact) mass is 622 g/mol. The zero-order chi connectivity index (χ0) is 34.8. The van der Waals surface area contributed by atoms with Gasteiger partial charge in [0.1, 0.15) is 5.78 Å². The van der Waals surface area contributed by atoms with Gasteiger partial charge in [0.2, 0.25) is 0 Å². The normalized spacial score (nSPS) is 11.6. The van der Waals surface area contributed by atoms with Crippen LogP contribution in [0.5, 0.6) is 0 Å². The van der Waals surface area contributed by atoms with Gasteiger partial charge in [-0.2, -0.15) is 0 Å². The average Bonchev–Trinajstić information content (AvgIpc) is 3.40. The van der Waals surface area contributed by atoms with Gasteiger partial charge in [-0.05, 0) is 49.7 Å². The Morgan fingerprint density at radius 2 is 1.42 bits per heavy atom. The summed E-state index contributed by atoms with van der Waals surface area (Å²) < 4.78 is 0. The first-order chi connectivity index (χ1) is 21.5. The molecule has 254 valence electrons. The van der Waals surface area contributed by atoms with E-state index in [2.05, 4.69) is 105 Å². The van der Waals surface area contributed by atoms with Crippen LogP contribution in [0.2, 0.25) is 0 Å². The van der Waals surface area contributed by atoms with E-state index in [9.17, 15) is 4.79 Å². The highest BCUT2D eigenvalue weighted by Crippen LogP contribution is 2.20. The molecule has 0 bridgehead atoms. The first-order valence-electron chi connectivity index (χ1n) is 16.9. The van der Waals surface area contributed by atoms with E-state index < -0.39 is 0 Å². The van der Waals surface area contributed by atoms with Crippen LogP contribution in [0.4, 0.5) is 5.69 Å². The van der Waals surface area contributed by atoms with Crippen LogP contribution in [-0.4, -0.2) is 62.7 Å². The first-order valence-corrected chi connectivity index (χ1v) is 16.9. The minimum absolute atomic E-state index is 0.122. The fourth-order valence-electron chi connectivity index (χ4n) is 4.36. The van der Waals surface area contributed by atoms with Crippen molar-refractivity contribution < 1.29 is 4.79 Å². The number of nitrogens with zero attached hydrogens (tertiary/aromatic N) is 3. The van der Waals surface area contributed by atoms with Crippen LogP contribution in [0.25, 0.3) is 0 Å². The third-order valence-electron chi connectivity index (χ3n) is 6.15. The van der Waals surface area contributed by atoms with Gasteiger partial charge in [0.25, 0.3) is 0 Å². The maximum absolute atomic E-state index is 11.8. The first kappa shape index (κ1) is 43.9. The Morgan fingerprint density at radius 3 is 1.84 bits per heavy atom. The van der Waals surface area contributed by atoms with E-state index in [1.54, 1.807) is 14.0 Å². The largest absolute Gasteiger partial charge is 0.386 e. The number of ketones is 1. The summed E-state index contributed by atoms with van der Waals surface area (Å²) in [6.07, 6.45) is 2.01. The van der Waals surface area contributed by atoms with Crippen LogP contribution < -0.4 is 15.5 Å². The summed E-state index contributed by atoms with van der Waals surface area (Å²) in [6.45, 7) is 33.1. The standard InChI is InChI=1S/C23H36N4O.C9H11N.C3H8.2C2H6/c1-17(2)14-23(24-7)21-8-10-22(11-9-21)27(16-20(6)28)15-19(5)26-13-12-25-18(3)4;1-10-6-8-4-2-3-5-9(8)7-10;1-3-2;2*1-2/h8-11,18,25-26H,1,5,12-16H2,2-4,6-7H3;2-5H,6-7H2,1H3;3H2,1-2H3;2*1-2H3. The summed E-state index contributed by atoms with van der Waals surface area (Å²) in [5.41, 5.74) is 8.05. The lowest BCUT2D eigenvalue weighted by atomic mass is 10.0. The molecule has 0 spiro atoms. The Kier molecular flexibility index (Phi) is 26.5. The number of fused-ring (bicyclic) bond motifs is 1. The quantitative estimate of drug-likeness (QED) is 0.133. The molecule has 0 aromatic heterocycles. The van der Waals surface area contributed by atoms with E-state index in [4.69, 9.17) is 0 Å². The van der Waals surface area contributed by atoms with Crippen molar-refractivity contribution in [1.29, 1.82) is 0 Å². The number of allylic oxidation sites excluding steroid dienone is 1. The molecule has 6 heteroatoms. The van der Waals surface area contributed by atoms with Crippen LogP contribution in [0.3, 0.4) is 0 Å². The minimum atomic E-state index is 0.122. The predicted octanol–water partition coefficient (Wildman–Crippen LogP) is 8.67. The number of aliphatic imine (C=N–C) groups is 1. The molecule has 1 aliphatic heterocycles. The molecule has 0 amide bonds. The molecule has 0 saturated heterocycles. The number of benzene rings is 2. The minimum Gasteiger partial charge on any atom is -0.386 e. The highest BCUT2D eigenvalue weighted by molar-refractivity contribution is 6.02. The molecule has 0 fully saturated rings. The molecule has 0 aliphatic carbocycles. The van der Waals surface area contributed by atoms with Crippen LogP contribution in [0, 0.1) is 0 Å². The molecule has 2 aromatic carbocycles. The summed E-state index contributed by atoms with van der Waals surface area (Å²) in [6, 6.07) is 17.3. The maximum Gasteiger partial charge on any atom is 0.149 e. The third-order valence-corrected chi connectivity index (χ3v) is 6.15. The number of carbonyl (C=O) groups is 1. The lowest BCUT2D eigenvalue weighted by Gasteiger charge is -2.25. The van der Waals surface area contributed by atoms with Gasteiger partial charge in [-0.1, -0.05) is 117 Å². The molecule has 0 atom stereocenters. The van der Waals surface area contributed by atoms with Crippen molar-refractivity contribution in [3.05, 3.63) is 89.6 Å². The second-order valence-electron chi connectivity index (χ2n) is 11.2. The molecule has 0 unspecified atom stereocenters. The Balaban J connectivity index is 0. The van der Waals surface area contributed by atoms with Gasteiger partial charge in [0.05, 0.1) is 13.1 Å². The fourth-order valence-corrected chi connectivity index (χ4v) is 4.36. The molecule has 1 heterocycles. The van der Waals surface area contributed by atoms with Crippen LogP contribution >= 0.6 is 0 Å². The van der Waals surface area contributed by atoms with Crippen molar-refractivity contribution in [3.63, 3.8) is 0 Å². The van der Waals surface area contributed by atoms with Gasteiger partial charge in [-0.15, -0.1) is 0 Å². The summed E-state index contributed by atoms with van der Waals surface area (Å²) >= 11 is 0. The Morgan fingerprint density at radius 1 is 0.911 bits per heavy atom. The van der Waals surface area contributed by atoms with E-state index >= 15 is 0 Å². The van der Waals surface area contributed by atoms with E-state index in [1.807, 2.05) is 51.7 Å². The van der Waals surface area contributed by atoms with Gasteiger partial charge < -0.3 is 15.5 Å². The average molecular weight is 622 g/mol. The van der Waals surface area contributed by atoms with E-state index in [-0.39, 0.29) is 5.78 Å². The molecule has 0 radical (unpaired) electrons. The van der Waals surface area contributed by atoms with Crippen molar-refractivity contribution in [2.75, 3.05) is 45.2 Å². The molecule has 1 aliphatic rings. The van der Waals surface area contributed by atoms with Gasteiger partial charge in [-0.3, -0.25) is 14.7 Å². The summed E-state index contributed by atoms with van der Waals surface area (Å²) in [5.74, 6) is 0.122. The topological polar surface area (TPSA) is 60.0 Å². The molecule has 3 rings (SSSR count). The number of anilines is 1. The predicted molar refractivity (Wildman–Crippen MR) is 202 cm³/mol. The zero-order valence-electron chi connectivity index (χ0n) is 31.0. The number of rotatable bonds is 13. The summed E-state index contributed by atoms with van der Waals surface area (Å²) in [7, 11) is 3.96. The second kappa shape index (κ2) is 27.1. The number of hydrogen-bond donors (Lipinski definition) is 2. The second-order valence-corrected chi connectivity index (χ2v) is 11.2. The Bertz CT molecular complexity index is 1080. The summed E-state index contributed by atoms with van der Waals surface area (Å²) in [4.78, 5) is 20.5. The van der Waals surface area contributed by atoms with E-state index in [0.29, 0.717) is 19.1 Å². The number of hydrogen-bond acceptors (Lipinski definition) is 6. The van der Waals surface area contributed by atoms with Crippen LogP contribution in [0.1, 0.15) is 98.8 Å². The van der Waals surface area contributed by atoms with Crippen molar-refractivity contribution in [3.8, 4) is 0 Å². The van der Waals surface area contributed by atoms with Crippen molar-refractivity contribution in [2.45, 2.75) is 101 Å². The molecule has 2 N–H and O–H groups in total. The van der Waals surface area contributed by atoms with Gasteiger partial charge in [0, 0.05) is 62.8 Å². The van der Waals surface area contributed by atoms with Crippen molar-refractivity contribution >= 4 is 17.2 Å². The van der Waals surface area contributed by atoms with Gasteiger partial charge >= 0.3 is 0 Å². The van der Waals surface area contributed by atoms with Gasteiger partial charge in [0.15, 0.2) is 0 Å². The lowest BCUT2D eigenvalue weighted by Crippen LogP contribution is -2.36.